The average Bonchev–Trinajstić information content (AvgIpc) is 2.79. The summed E-state index contributed by atoms with van der Waals surface area (Å²) in [5, 5.41) is 3.64. The molecule has 0 heterocycles. The van der Waals surface area contributed by atoms with E-state index >= 15 is 0 Å². The number of nitrogens with zero attached hydrogens (tertiary/aromatic N) is 1. The molecule has 0 bridgehead atoms. The van der Waals surface area contributed by atoms with Crippen molar-refractivity contribution in [3.05, 3.63) is 35.4 Å². The van der Waals surface area contributed by atoms with Crippen LogP contribution in [-0.4, -0.2) is 44.3 Å². The minimum absolute atomic E-state index is 0.452. The number of ether oxygens (including phenoxy) is 1. The van der Waals surface area contributed by atoms with E-state index in [-0.39, 0.29) is 0 Å². The van der Waals surface area contributed by atoms with Gasteiger partial charge < -0.3 is 10.1 Å². The number of nitrogens with one attached hydrogen (secondary N) is 1. The number of fused-ring (bicyclic) bond motifs is 1. The fourth-order valence-corrected chi connectivity index (χ4v) is 2.97. The highest BCUT2D eigenvalue weighted by molar-refractivity contribution is 5.37. The van der Waals surface area contributed by atoms with Crippen molar-refractivity contribution in [2.45, 2.75) is 32.4 Å². The Morgan fingerprint density at radius 2 is 2.11 bits per heavy atom. The van der Waals surface area contributed by atoms with E-state index in [2.05, 4.69) is 48.5 Å². The highest BCUT2D eigenvalue weighted by Gasteiger charge is 2.33. The minimum atomic E-state index is 0.452. The molecule has 1 aliphatic rings. The Morgan fingerprint density at radius 1 is 1.32 bits per heavy atom. The van der Waals surface area contributed by atoms with E-state index in [9.17, 15) is 0 Å². The Bertz CT molecular complexity index is 394. The molecule has 0 aliphatic heterocycles. The van der Waals surface area contributed by atoms with Crippen molar-refractivity contribution in [1.82, 2.24) is 10.2 Å². The zero-order valence-electron chi connectivity index (χ0n) is 12.4. The Balaban J connectivity index is 2.05. The molecule has 1 aliphatic carbocycles. The first-order valence-electron chi connectivity index (χ1n) is 7.37. The number of hydrogen-bond donors (Lipinski definition) is 1. The lowest BCUT2D eigenvalue weighted by Crippen LogP contribution is -2.42. The first-order valence-corrected chi connectivity index (χ1v) is 7.37. The lowest BCUT2D eigenvalue weighted by atomic mass is 10.1. The van der Waals surface area contributed by atoms with Gasteiger partial charge in [-0.3, -0.25) is 4.90 Å². The van der Waals surface area contributed by atoms with E-state index in [1.807, 2.05) is 6.92 Å². The summed E-state index contributed by atoms with van der Waals surface area (Å²) < 4.78 is 5.47. The molecule has 0 aromatic heterocycles. The molecule has 106 valence electrons. The van der Waals surface area contributed by atoms with Crippen LogP contribution in [-0.2, 0) is 11.2 Å². The minimum Gasteiger partial charge on any atom is -0.380 e. The summed E-state index contributed by atoms with van der Waals surface area (Å²) >= 11 is 0. The van der Waals surface area contributed by atoms with Crippen LogP contribution >= 0.6 is 0 Å². The largest absolute Gasteiger partial charge is 0.380 e. The molecule has 0 fully saturated rings. The van der Waals surface area contributed by atoms with E-state index in [0.717, 1.165) is 32.7 Å². The van der Waals surface area contributed by atoms with E-state index in [0.29, 0.717) is 12.1 Å². The topological polar surface area (TPSA) is 24.5 Å². The van der Waals surface area contributed by atoms with Crippen molar-refractivity contribution in [3.63, 3.8) is 0 Å². The fourth-order valence-electron chi connectivity index (χ4n) is 2.97. The van der Waals surface area contributed by atoms with E-state index in [1.54, 1.807) is 0 Å². The van der Waals surface area contributed by atoms with Gasteiger partial charge >= 0.3 is 0 Å². The van der Waals surface area contributed by atoms with Gasteiger partial charge in [0.15, 0.2) is 0 Å². The molecule has 2 atom stereocenters. The lowest BCUT2D eigenvalue weighted by Gasteiger charge is -2.30. The highest BCUT2D eigenvalue weighted by Crippen LogP contribution is 2.33. The van der Waals surface area contributed by atoms with Crippen molar-refractivity contribution in [2.24, 2.45) is 0 Å². The quantitative estimate of drug-likeness (QED) is 0.763. The van der Waals surface area contributed by atoms with Gasteiger partial charge in [-0.25, -0.2) is 0 Å². The lowest BCUT2D eigenvalue weighted by molar-refractivity contribution is 0.100. The number of benzene rings is 1. The van der Waals surface area contributed by atoms with Crippen LogP contribution in [0.15, 0.2) is 24.3 Å². The highest BCUT2D eigenvalue weighted by atomic mass is 16.5. The SMILES string of the molecule is CCNC1c2ccccc2CC1N(C)CCOCC. The second-order valence-corrected chi connectivity index (χ2v) is 5.18. The molecule has 0 saturated heterocycles. The summed E-state index contributed by atoms with van der Waals surface area (Å²) in [6.07, 6.45) is 1.14. The van der Waals surface area contributed by atoms with Crippen LogP contribution in [0.4, 0.5) is 0 Å². The van der Waals surface area contributed by atoms with E-state index in [4.69, 9.17) is 4.74 Å². The maximum Gasteiger partial charge on any atom is 0.0593 e. The van der Waals surface area contributed by atoms with Gasteiger partial charge in [-0.1, -0.05) is 31.2 Å². The van der Waals surface area contributed by atoms with Crippen LogP contribution in [0.25, 0.3) is 0 Å². The first kappa shape index (κ1) is 14.5. The molecule has 19 heavy (non-hydrogen) atoms. The van der Waals surface area contributed by atoms with Crippen LogP contribution < -0.4 is 5.32 Å². The summed E-state index contributed by atoms with van der Waals surface area (Å²) in [6.45, 7) is 7.85. The van der Waals surface area contributed by atoms with Gasteiger partial charge in [0.25, 0.3) is 0 Å². The first-order chi connectivity index (χ1) is 9.27. The average molecular weight is 262 g/mol. The molecule has 2 rings (SSSR count). The monoisotopic (exact) mass is 262 g/mol. The van der Waals surface area contributed by atoms with Crippen molar-refractivity contribution in [1.29, 1.82) is 0 Å². The van der Waals surface area contributed by atoms with Gasteiger partial charge in [0.05, 0.1) is 6.61 Å². The molecule has 0 spiro atoms. The van der Waals surface area contributed by atoms with E-state index < -0.39 is 0 Å². The molecule has 0 amide bonds. The predicted molar refractivity (Wildman–Crippen MR) is 79.5 cm³/mol. The maximum atomic E-state index is 5.47. The van der Waals surface area contributed by atoms with Crippen LogP contribution in [0.2, 0.25) is 0 Å². The van der Waals surface area contributed by atoms with Crippen LogP contribution in [0.3, 0.4) is 0 Å². The molecule has 3 nitrogen and oxygen atoms in total. The fraction of sp³-hybridized carbons (Fsp3) is 0.625. The molecule has 2 unspecified atom stereocenters. The predicted octanol–water partition coefficient (Wildman–Crippen LogP) is 2.23. The molecule has 1 aromatic rings. The van der Waals surface area contributed by atoms with Crippen LogP contribution in [0.1, 0.15) is 31.0 Å². The summed E-state index contributed by atoms with van der Waals surface area (Å²) in [7, 11) is 2.21. The number of hydrogen-bond acceptors (Lipinski definition) is 3. The van der Waals surface area contributed by atoms with Gasteiger partial charge in [0.2, 0.25) is 0 Å². The van der Waals surface area contributed by atoms with Gasteiger partial charge in [-0.05, 0) is 38.1 Å². The van der Waals surface area contributed by atoms with E-state index in [1.165, 1.54) is 11.1 Å². The van der Waals surface area contributed by atoms with Crippen molar-refractivity contribution in [3.8, 4) is 0 Å². The third-order valence-electron chi connectivity index (χ3n) is 3.99. The maximum absolute atomic E-state index is 5.47. The molecule has 3 heteroatoms. The third-order valence-corrected chi connectivity index (χ3v) is 3.99. The zero-order chi connectivity index (χ0) is 13.7. The third kappa shape index (κ3) is 3.35. The Labute approximate surface area is 116 Å². The van der Waals surface area contributed by atoms with Crippen molar-refractivity contribution in [2.75, 3.05) is 33.4 Å². The smallest absolute Gasteiger partial charge is 0.0593 e. The summed E-state index contributed by atoms with van der Waals surface area (Å²) in [5.41, 5.74) is 2.96. The van der Waals surface area contributed by atoms with Crippen LogP contribution in [0, 0.1) is 0 Å². The molecule has 1 aromatic carbocycles. The van der Waals surface area contributed by atoms with Gasteiger partial charge in [0.1, 0.15) is 0 Å². The van der Waals surface area contributed by atoms with Crippen molar-refractivity contribution < 1.29 is 4.74 Å². The van der Waals surface area contributed by atoms with Gasteiger partial charge in [-0.2, -0.15) is 0 Å². The van der Waals surface area contributed by atoms with Gasteiger partial charge in [-0.15, -0.1) is 0 Å². The molecular formula is C16H26N2O. The Morgan fingerprint density at radius 3 is 2.84 bits per heavy atom. The summed E-state index contributed by atoms with van der Waals surface area (Å²) in [5.74, 6) is 0. The summed E-state index contributed by atoms with van der Waals surface area (Å²) in [6, 6.07) is 9.80. The molecule has 0 radical (unpaired) electrons. The second kappa shape index (κ2) is 7.04. The number of rotatable bonds is 7. The molecule has 0 saturated carbocycles. The number of likely N-dealkylation sites (N-methyl/N-ethyl adjacent to an activating group) is 2. The zero-order valence-corrected chi connectivity index (χ0v) is 12.4. The van der Waals surface area contributed by atoms with Gasteiger partial charge in [0, 0.05) is 25.2 Å². The molecule has 1 N–H and O–H groups in total. The Hall–Kier alpha value is -0.900. The summed E-state index contributed by atoms with van der Waals surface area (Å²) in [4.78, 5) is 2.43. The Kier molecular flexibility index (Phi) is 5.37. The normalized spacial score (nSPS) is 21.9. The second-order valence-electron chi connectivity index (χ2n) is 5.18. The van der Waals surface area contributed by atoms with Crippen LogP contribution in [0.5, 0.6) is 0 Å². The molecular weight excluding hydrogens is 236 g/mol. The standard InChI is InChI=1S/C16H26N2O/c1-4-17-16-14-9-7-6-8-13(14)12-15(16)18(3)10-11-19-5-2/h6-9,15-17H,4-5,10-12H2,1-3H3. The van der Waals surface area contributed by atoms with Crippen molar-refractivity contribution >= 4 is 0 Å².